The largest absolute Gasteiger partial charge is 0.396 e. The highest BCUT2D eigenvalue weighted by atomic mass is 17.2. The number of aliphatic hydroxyl groups is 2. The van der Waals surface area contributed by atoms with Gasteiger partial charge in [-0.1, -0.05) is 27.7 Å². The van der Waals surface area contributed by atoms with E-state index in [-0.39, 0.29) is 29.1 Å². The minimum Gasteiger partial charge on any atom is -0.396 e. The van der Waals surface area contributed by atoms with Crippen LogP contribution in [-0.2, 0) is 9.78 Å². The standard InChI is InChI=1S/C20H32O4/c1-13(2)19-9-10-20(24-23-19)14(11-19)5-6-15-17(3,12-21)16(22)7-8-18(15,20)4/h11,13,15-16,21-22H,5-10,12H2,1-4H3/t15-,16-,17+,18-,19+,20-/m0/s1. The Balaban J connectivity index is 1.80. The Kier molecular flexibility index (Phi) is 3.59. The van der Waals surface area contributed by atoms with E-state index >= 15 is 0 Å². The van der Waals surface area contributed by atoms with Crippen molar-refractivity contribution in [3.63, 3.8) is 0 Å². The maximum atomic E-state index is 10.6. The van der Waals surface area contributed by atoms with Crippen LogP contribution in [-0.4, -0.2) is 34.1 Å². The van der Waals surface area contributed by atoms with Crippen molar-refractivity contribution in [3.05, 3.63) is 11.6 Å². The normalized spacial score (nSPS) is 53.5. The molecular weight excluding hydrogens is 304 g/mol. The summed E-state index contributed by atoms with van der Waals surface area (Å²) < 4.78 is 0. The van der Waals surface area contributed by atoms with Gasteiger partial charge in [-0.3, -0.25) is 0 Å². The Morgan fingerprint density at radius 3 is 2.50 bits per heavy atom. The second-order valence-electron chi connectivity index (χ2n) is 9.50. The van der Waals surface area contributed by atoms with E-state index in [0.29, 0.717) is 5.92 Å². The Labute approximate surface area is 145 Å². The zero-order chi connectivity index (χ0) is 17.4. The van der Waals surface area contributed by atoms with E-state index in [9.17, 15) is 10.2 Å². The zero-order valence-corrected chi connectivity index (χ0v) is 15.5. The number of aliphatic hydroxyl groups excluding tert-OH is 2. The molecule has 3 aliphatic carbocycles. The van der Waals surface area contributed by atoms with Gasteiger partial charge in [0.2, 0.25) is 0 Å². The Bertz CT molecular complexity index is 560. The molecule has 136 valence electrons. The van der Waals surface area contributed by atoms with Crippen LogP contribution in [0.4, 0.5) is 0 Å². The van der Waals surface area contributed by atoms with E-state index in [1.54, 1.807) is 0 Å². The maximum Gasteiger partial charge on any atom is 0.130 e. The van der Waals surface area contributed by atoms with Gasteiger partial charge in [0.25, 0.3) is 0 Å². The Hall–Kier alpha value is -0.420. The molecule has 24 heavy (non-hydrogen) atoms. The quantitative estimate of drug-likeness (QED) is 0.599. The molecule has 2 saturated carbocycles. The first-order valence-corrected chi connectivity index (χ1v) is 9.62. The van der Waals surface area contributed by atoms with Gasteiger partial charge in [0, 0.05) is 10.8 Å². The van der Waals surface area contributed by atoms with Crippen LogP contribution in [0.25, 0.3) is 0 Å². The second kappa shape index (κ2) is 5.06. The number of hydrogen-bond donors (Lipinski definition) is 2. The summed E-state index contributed by atoms with van der Waals surface area (Å²) >= 11 is 0. The van der Waals surface area contributed by atoms with Crippen LogP contribution < -0.4 is 0 Å². The van der Waals surface area contributed by atoms with Crippen LogP contribution in [0.1, 0.15) is 66.2 Å². The fourth-order valence-corrected chi connectivity index (χ4v) is 6.45. The monoisotopic (exact) mass is 336 g/mol. The Morgan fingerprint density at radius 1 is 1.17 bits per heavy atom. The van der Waals surface area contributed by atoms with Crippen molar-refractivity contribution >= 4 is 0 Å². The fourth-order valence-electron chi connectivity index (χ4n) is 6.45. The van der Waals surface area contributed by atoms with E-state index < -0.39 is 11.5 Å². The predicted octanol–water partition coefficient (Wildman–Crippen LogP) is 3.37. The summed E-state index contributed by atoms with van der Waals surface area (Å²) in [4.78, 5) is 12.3. The van der Waals surface area contributed by atoms with Crippen molar-refractivity contribution in [2.75, 3.05) is 6.61 Å². The molecule has 0 aromatic heterocycles. The maximum absolute atomic E-state index is 10.6. The number of rotatable bonds is 2. The van der Waals surface area contributed by atoms with Crippen LogP contribution in [0.3, 0.4) is 0 Å². The molecule has 2 aliphatic heterocycles. The highest BCUT2D eigenvalue weighted by Gasteiger charge is 2.69. The van der Waals surface area contributed by atoms with Crippen molar-refractivity contribution in [2.24, 2.45) is 22.7 Å². The lowest BCUT2D eigenvalue weighted by Crippen LogP contribution is -2.69. The lowest BCUT2D eigenvalue weighted by molar-refractivity contribution is -0.467. The first kappa shape index (κ1) is 17.0. The molecule has 1 saturated heterocycles. The molecule has 2 heterocycles. The van der Waals surface area contributed by atoms with Gasteiger partial charge in [0.15, 0.2) is 0 Å². The van der Waals surface area contributed by atoms with Crippen LogP contribution >= 0.6 is 0 Å². The molecule has 5 aliphatic rings. The first-order valence-electron chi connectivity index (χ1n) is 9.62. The van der Waals surface area contributed by atoms with Crippen molar-refractivity contribution < 1.29 is 20.0 Å². The minimum absolute atomic E-state index is 0.0281. The van der Waals surface area contributed by atoms with Crippen molar-refractivity contribution in [1.82, 2.24) is 0 Å². The molecule has 5 rings (SSSR count). The molecule has 4 nitrogen and oxygen atoms in total. The summed E-state index contributed by atoms with van der Waals surface area (Å²) in [7, 11) is 0. The Morgan fingerprint density at radius 2 is 1.92 bits per heavy atom. The molecule has 4 heteroatoms. The third kappa shape index (κ3) is 1.78. The number of hydrogen-bond acceptors (Lipinski definition) is 4. The molecule has 1 spiro atoms. The van der Waals surface area contributed by atoms with Gasteiger partial charge in [0.05, 0.1) is 12.7 Å². The van der Waals surface area contributed by atoms with E-state index in [4.69, 9.17) is 9.78 Å². The molecule has 6 atom stereocenters. The molecule has 2 N–H and O–H groups in total. The van der Waals surface area contributed by atoms with Crippen LogP contribution in [0, 0.1) is 22.7 Å². The lowest BCUT2D eigenvalue weighted by Gasteiger charge is -2.67. The topological polar surface area (TPSA) is 58.9 Å². The molecular formula is C20H32O4. The average molecular weight is 336 g/mol. The minimum atomic E-state index is -0.458. The summed E-state index contributed by atoms with van der Waals surface area (Å²) in [6.45, 7) is 8.79. The molecule has 0 aromatic rings. The fraction of sp³-hybridized carbons (Fsp3) is 0.900. The average Bonchev–Trinajstić information content (AvgIpc) is 2.59. The summed E-state index contributed by atoms with van der Waals surface area (Å²) in [5.74, 6) is 0.633. The molecule has 3 fully saturated rings. The molecule has 0 unspecified atom stereocenters. The van der Waals surface area contributed by atoms with E-state index in [1.165, 1.54) is 5.57 Å². The van der Waals surface area contributed by atoms with Crippen LogP contribution in [0.15, 0.2) is 11.6 Å². The first-order chi connectivity index (χ1) is 11.2. The van der Waals surface area contributed by atoms with Crippen molar-refractivity contribution in [3.8, 4) is 0 Å². The third-order valence-corrected chi connectivity index (χ3v) is 8.35. The van der Waals surface area contributed by atoms with Crippen LogP contribution in [0.5, 0.6) is 0 Å². The van der Waals surface area contributed by atoms with Crippen molar-refractivity contribution in [1.29, 1.82) is 0 Å². The smallest absolute Gasteiger partial charge is 0.130 e. The van der Waals surface area contributed by atoms with E-state index in [1.807, 2.05) is 0 Å². The third-order valence-electron chi connectivity index (χ3n) is 8.35. The van der Waals surface area contributed by atoms with Crippen LogP contribution in [0.2, 0.25) is 0 Å². The number of fused-ring (bicyclic) bond motifs is 3. The SMILES string of the molecule is CC(C)[C@]12C=C3CC[C@H]4[C@@](C)(CO)[C@@H](O)CC[C@]4(C)[C@@]3(CC1)OO2. The molecule has 2 bridgehead atoms. The highest BCUT2D eigenvalue weighted by molar-refractivity contribution is 5.36. The second-order valence-corrected chi connectivity index (χ2v) is 9.50. The summed E-state index contributed by atoms with van der Waals surface area (Å²) in [5.41, 5.74) is 0.208. The highest BCUT2D eigenvalue weighted by Crippen LogP contribution is 2.68. The van der Waals surface area contributed by atoms with E-state index in [2.05, 4.69) is 33.8 Å². The van der Waals surface area contributed by atoms with Gasteiger partial charge in [-0.05, 0) is 62.0 Å². The van der Waals surface area contributed by atoms with E-state index in [0.717, 1.165) is 38.5 Å². The summed E-state index contributed by atoms with van der Waals surface area (Å²) in [5, 5.41) is 20.7. The van der Waals surface area contributed by atoms with Gasteiger partial charge >= 0.3 is 0 Å². The van der Waals surface area contributed by atoms with Gasteiger partial charge in [-0.15, -0.1) is 0 Å². The predicted molar refractivity (Wildman–Crippen MR) is 91.1 cm³/mol. The van der Waals surface area contributed by atoms with Gasteiger partial charge in [-0.2, -0.15) is 0 Å². The van der Waals surface area contributed by atoms with Gasteiger partial charge < -0.3 is 10.2 Å². The molecule has 0 radical (unpaired) electrons. The molecule has 0 amide bonds. The summed E-state index contributed by atoms with van der Waals surface area (Å²) in [6.07, 6.45) is 7.55. The summed E-state index contributed by atoms with van der Waals surface area (Å²) in [6, 6.07) is 0. The molecule has 0 aromatic carbocycles. The van der Waals surface area contributed by atoms with Gasteiger partial charge in [0.1, 0.15) is 11.2 Å². The van der Waals surface area contributed by atoms with Gasteiger partial charge in [-0.25, -0.2) is 9.78 Å². The lowest BCUT2D eigenvalue weighted by atomic mass is 9.43. The van der Waals surface area contributed by atoms with Crippen molar-refractivity contribution in [2.45, 2.75) is 83.5 Å². The zero-order valence-electron chi connectivity index (χ0n) is 15.5.